The maximum Gasteiger partial charge on any atom is 0.332 e. The number of hydrogen-bond acceptors (Lipinski definition) is 5. The molecule has 0 aliphatic rings. The van der Waals surface area contributed by atoms with Gasteiger partial charge in [-0.25, -0.2) is 9.37 Å². The number of benzene rings is 1. The van der Waals surface area contributed by atoms with Crippen LogP contribution in [0.25, 0.3) is 0 Å². The van der Waals surface area contributed by atoms with Crippen molar-refractivity contribution in [3.63, 3.8) is 0 Å². The zero-order valence-electron chi connectivity index (χ0n) is 10.7. The molecule has 0 radical (unpaired) electrons. The van der Waals surface area contributed by atoms with Crippen LogP contribution in [0, 0.1) is 22.9 Å². The van der Waals surface area contributed by atoms with E-state index in [2.05, 4.69) is 31.2 Å². The number of rotatable bonds is 4. The average molecular weight is 376 g/mol. The van der Waals surface area contributed by atoms with Gasteiger partial charge in [-0.3, -0.25) is 10.1 Å². The van der Waals surface area contributed by atoms with Crippen molar-refractivity contribution in [2.75, 3.05) is 5.32 Å². The third-order valence-electron chi connectivity index (χ3n) is 2.67. The SMILES string of the molecule is Cc1nc(Cl)nc(NCc2cc(Br)ccc2F)c1[N+](=O)[O-]. The van der Waals surface area contributed by atoms with E-state index < -0.39 is 10.7 Å². The summed E-state index contributed by atoms with van der Waals surface area (Å²) in [4.78, 5) is 18.0. The zero-order valence-corrected chi connectivity index (χ0v) is 13.1. The van der Waals surface area contributed by atoms with Gasteiger partial charge in [-0.2, -0.15) is 4.98 Å². The summed E-state index contributed by atoms with van der Waals surface area (Å²) in [6.07, 6.45) is 0. The number of anilines is 1. The van der Waals surface area contributed by atoms with Crippen molar-refractivity contribution in [3.8, 4) is 0 Å². The Bertz CT molecular complexity index is 714. The van der Waals surface area contributed by atoms with Crippen LogP contribution >= 0.6 is 27.5 Å². The van der Waals surface area contributed by atoms with E-state index in [1.807, 2.05) is 0 Å². The van der Waals surface area contributed by atoms with Crippen molar-refractivity contribution in [2.45, 2.75) is 13.5 Å². The van der Waals surface area contributed by atoms with Gasteiger partial charge >= 0.3 is 5.69 Å². The molecule has 6 nitrogen and oxygen atoms in total. The Balaban J connectivity index is 2.31. The van der Waals surface area contributed by atoms with Crippen LogP contribution in [-0.4, -0.2) is 14.9 Å². The molecule has 1 N–H and O–H groups in total. The lowest BCUT2D eigenvalue weighted by molar-refractivity contribution is -0.385. The summed E-state index contributed by atoms with van der Waals surface area (Å²) in [6.45, 7) is 1.48. The molecule has 0 saturated carbocycles. The molecule has 0 aliphatic heterocycles. The molecule has 9 heteroatoms. The molecular weight excluding hydrogens is 367 g/mol. The zero-order chi connectivity index (χ0) is 15.6. The molecule has 21 heavy (non-hydrogen) atoms. The van der Waals surface area contributed by atoms with Crippen LogP contribution < -0.4 is 5.32 Å². The highest BCUT2D eigenvalue weighted by molar-refractivity contribution is 9.10. The van der Waals surface area contributed by atoms with Crippen molar-refractivity contribution < 1.29 is 9.31 Å². The van der Waals surface area contributed by atoms with Gasteiger partial charge in [0.15, 0.2) is 0 Å². The monoisotopic (exact) mass is 374 g/mol. The van der Waals surface area contributed by atoms with Crippen LogP contribution in [0.5, 0.6) is 0 Å². The van der Waals surface area contributed by atoms with Crippen LogP contribution in [-0.2, 0) is 6.54 Å². The Morgan fingerprint density at radius 3 is 2.86 bits per heavy atom. The molecule has 110 valence electrons. The number of nitrogens with one attached hydrogen (secondary N) is 1. The summed E-state index contributed by atoms with van der Waals surface area (Å²) in [5.74, 6) is -0.470. The van der Waals surface area contributed by atoms with Crippen LogP contribution in [0.15, 0.2) is 22.7 Å². The average Bonchev–Trinajstić information content (AvgIpc) is 2.38. The van der Waals surface area contributed by atoms with Gasteiger partial charge in [0.1, 0.15) is 11.5 Å². The van der Waals surface area contributed by atoms with E-state index in [0.717, 1.165) is 0 Å². The minimum absolute atomic E-state index is 0.0267. The molecule has 2 rings (SSSR count). The topological polar surface area (TPSA) is 81.0 Å². The highest BCUT2D eigenvalue weighted by Crippen LogP contribution is 2.27. The van der Waals surface area contributed by atoms with Crippen LogP contribution in [0.2, 0.25) is 5.28 Å². The Labute approximate surface area is 132 Å². The molecule has 0 spiro atoms. The molecule has 1 aromatic carbocycles. The summed E-state index contributed by atoms with van der Waals surface area (Å²) in [6, 6.07) is 4.44. The molecule has 1 heterocycles. The molecule has 2 aromatic rings. The molecular formula is C12H9BrClFN4O2. The largest absolute Gasteiger partial charge is 0.360 e. The maximum atomic E-state index is 13.6. The highest BCUT2D eigenvalue weighted by atomic mass is 79.9. The van der Waals surface area contributed by atoms with Crippen LogP contribution in [0.4, 0.5) is 15.9 Å². The van der Waals surface area contributed by atoms with E-state index >= 15 is 0 Å². The van der Waals surface area contributed by atoms with Gasteiger partial charge in [-0.15, -0.1) is 0 Å². The van der Waals surface area contributed by atoms with Crippen molar-refractivity contribution in [1.29, 1.82) is 0 Å². The standard InChI is InChI=1S/C12H9BrClFN4O2/c1-6-10(19(20)21)11(18-12(14)17-6)16-5-7-4-8(13)2-3-9(7)15/h2-4H,5H2,1H3,(H,16,17,18). The summed E-state index contributed by atoms with van der Waals surface area (Å²) in [5, 5.41) is 13.7. The number of nitro groups is 1. The molecule has 0 unspecified atom stereocenters. The minimum Gasteiger partial charge on any atom is -0.360 e. The van der Waals surface area contributed by atoms with Gasteiger partial charge < -0.3 is 5.32 Å². The number of halogens is 3. The van der Waals surface area contributed by atoms with E-state index in [9.17, 15) is 14.5 Å². The number of nitrogens with zero attached hydrogens (tertiary/aromatic N) is 3. The van der Waals surface area contributed by atoms with Gasteiger partial charge in [-0.05, 0) is 36.7 Å². The van der Waals surface area contributed by atoms with E-state index in [1.165, 1.54) is 13.0 Å². The van der Waals surface area contributed by atoms with E-state index in [4.69, 9.17) is 11.6 Å². The van der Waals surface area contributed by atoms with Crippen LogP contribution in [0.3, 0.4) is 0 Å². The summed E-state index contributed by atoms with van der Waals surface area (Å²) < 4.78 is 14.3. The van der Waals surface area contributed by atoms with Gasteiger partial charge in [-0.1, -0.05) is 15.9 Å². The van der Waals surface area contributed by atoms with E-state index in [-0.39, 0.29) is 29.0 Å². The first-order chi connectivity index (χ1) is 9.88. The normalized spacial score (nSPS) is 10.5. The molecule has 0 fully saturated rings. The molecule has 0 bridgehead atoms. The molecule has 0 amide bonds. The third kappa shape index (κ3) is 3.64. The predicted octanol–water partition coefficient (Wildman–Crippen LogP) is 3.86. The summed E-state index contributed by atoms with van der Waals surface area (Å²) >= 11 is 8.93. The molecule has 0 aliphatic carbocycles. The van der Waals surface area contributed by atoms with Gasteiger partial charge in [0.2, 0.25) is 11.1 Å². The molecule has 1 aromatic heterocycles. The highest BCUT2D eigenvalue weighted by Gasteiger charge is 2.21. The van der Waals surface area contributed by atoms with Crippen molar-refractivity contribution in [3.05, 3.63) is 55.1 Å². The first-order valence-electron chi connectivity index (χ1n) is 5.75. The lowest BCUT2D eigenvalue weighted by Crippen LogP contribution is -2.08. The number of hydrogen-bond donors (Lipinski definition) is 1. The van der Waals surface area contributed by atoms with Crippen molar-refractivity contribution >= 4 is 39.0 Å². The Morgan fingerprint density at radius 1 is 1.48 bits per heavy atom. The smallest absolute Gasteiger partial charge is 0.332 e. The fraction of sp³-hybridized carbons (Fsp3) is 0.167. The first-order valence-corrected chi connectivity index (χ1v) is 6.92. The second kappa shape index (κ2) is 6.31. The fourth-order valence-electron chi connectivity index (χ4n) is 1.73. The van der Waals surface area contributed by atoms with Crippen molar-refractivity contribution in [2.24, 2.45) is 0 Å². The minimum atomic E-state index is -0.606. The lowest BCUT2D eigenvalue weighted by Gasteiger charge is -2.09. The second-order valence-corrected chi connectivity index (χ2v) is 5.38. The molecule has 0 atom stereocenters. The van der Waals surface area contributed by atoms with Crippen molar-refractivity contribution in [1.82, 2.24) is 9.97 Å². The predicted molar refractivity (Wildman–Crippen MR) is 79.9 cm³/mol. The van der Waals surface area contributed by atoms with Gasteiger partial charge in [0.25, 0.3) is 0 Å². The second-order valence-electron chi connectivity index (χ2n) is 4.12. The Hall–Kier alpha value is -1.80. The first kappa shape index (κ1) is 15.6. The number of aromatic nitrogens is 2. The quantitative estimate of drug-likeness (QED) is 0.498. The van der Waals surface area contributed by atoms with E-state index in [1.54, 1.807) is 12.1 Å². The Kier molecular flexibility index (Phi) is 4.69. The van der Waals surface area contributed by atoms with Gasteiger partial charge in [0.05, 0.1) is 4.92 Å². The van der Waals surface area contributed by atoms with Gasteiger partial charge in [0, 0.05) is 16.6 Å². The fourth-order valence-corrected chi connectivity index (χ4v) is 2.35. The lowest BCUT2D eigenvalue weighted by atomic mass is 10.2. The summed E-state index contributed by atoms with van der Waals surface area (Å²) in [7, 11) is 0. The van der Waals surface area contributed by atoms with Crippen LogP contribution in [0.1, 0.15) is 11.3 Å². The maximum absolute atomic E-state index is 13.6. The number of aryl methyl sites for hydroxylation is 1. The van der Waals surface area contributed by atoms with E-state index in [0.29, 0.717) is 10.0 Å². The summed E-state index contributed by atoms with van der Waals surface area (Å²) in [5.41, 5.74) is 0.193. The Morgan fingerprint density at radius 2 is 2.19 bits per heavy atom. The molecule has 0 saturated heterocycles. The third-order valence-corrected chi connectivity index (χ3v) is 3.33.